The van der Waals surface area contributed by atoms with E-state index in [1.54, 1.807) is 30.2 Å². The van der Waals surface area contributed by atoms with Gasteiger partial charge in [-0.15, -0.1) is 0 Å². The fourth-order valence-electron chi connectivity index (χ4n) is 2.40. The largest absolute Gasteiger partial charge is 0.478 e. The zero-order chi connectivity index (χ0) is 15.2. The Kier molecular flexibility index (Phi) is 5.16. The predicted octanol–water partition coefficient (Wildman–Crippen LogP) is 1.71. The Morgan fingerprint density at radius 3 is 2.71 bits per heavy atom. The van der Waals surface area contributed by atoms with Crippen LogP contribution in [0.25, 0.3) is 0 Å². The number of ether oxygens (including phenoxy) is 1. The zero-order valence-electron chi connectivity index (χ0n) is 12.0. The minimum atomic E-state index is -0.968. The number of aromatic carboxylic acids is 1. The number of benzene rings is 1. The monoisotopic (exact) mass is 292 g/mol. The molecular formula is C15H20N2O4. The van der Waals surface area contributed by atoms with E-state index in [2.05, 4.69) is 5.32 Å². The smallest absolute Gasteiger partial charge is 0.335 e. The van der Waals surface area contributed by atoms with Crippen LogP contribution >= 0.6 is 0 Å². The molecule has 2 N–H and O–H groups in total. The van der Waals surface area contributed by atoms with E-state index in [9.17, 15) is 9.59 Å². The number of amides is 2. The van der Waals surface area contributed by atoms with Gasteiger partial charge in [0.2, 0.25) is 0 Å². The van der Waals surface area contributed by atoms with Gasteiger partial charge in [-0.2, -0.15) is 0 Å². The Bertz CT molecular complexity index is 510. The van der Waals surface area contributed by atoms with Crippen LogP contribution in [-0.4, -0.2) is 48.3 Å². The van der Waals surface area contributed by atoms with Crippen molar-refractivity contribution < 1.29 is 19.4 Å². The van der Waals surface area contributed by atoms with Crippen molar-refractivity contribution >= 4 is 12.0 Å². The average Bonchev–Trinajstić information content (AvgIpc) is 2.53. The number of nitrogens with one attached hydrogen (secondary N) is 1. The molecule has 2 amide bonds. The second-order valence-corrected chi connectivity index (χ2v) is 5.09. The molecule has 0 unspecified atom stereocenters. The Balaban J connectivity index is 1.84. The fourth-order valence-corrected chi connectivity index (χ4v) is 2.40. The number of carbonyl (C=O) groups excluding carboxylic acids is 1. The molecule has 0 aliphatic carbocycles. The van der Waals surface area contributed by atoms with Crippen LogP contribution in [0.4, 0.5) is 4.79 Å². The van der Waals surface area contributed by atoms with Crippen molar-refractivity contribution in [3.8, 4) is 0 Å². The first-order chi connectivity index (χ1) is 10.1. The molecule has 0 aromatic heterocycles. The molecule has 1 saturated heterocycles. The lowest BCUT2D eigenvalue weighted by Gasteiger charge is -2.31. The number of nitrogens with zero attached hydrogens (tertiary/aromatic N) is 1. The molecule has 0 radical (unpaired) electrons. The molecule has 1 aromatic carbocycles. The van der Waals surface area contributed by atoms with Gasteiger partial charge in [0, 0.05) is 26.7 Å². The summed E-state index contributed by atoms with van der Waals surface area (Å²) in [5, 5.41) is 11.8. The summed E-state index contributed by atoms with van der Waals surface area (Å²) in [6.07, 6.45) is 1.93. The fraction of sp³-hybridized carbons (Fsp3) is 0.467. The maximum absolute atomic E-state index is 12.0. The van der Waals surface area contributed by atoms with Crippen LogP contribution in [0, 0.1) is 0 Å². The lowest BCUT2D eigenvalue weighted by atomic mass is 10.1. The molecule has 1 aromatic rings. The van der Waals surface area contributed by atoms with Crippen LogP contribution in [0.5, 0.6) is 0 Å². The van der Waals surface area contributed by atoms with E-state index < -0.39 is 5.97 Å². The van der Waals surface area contributed by atoms with E-state index >= 15 is 0 Å². The van der Waals surface area contributed by atoms with Gasteiger partial charge < -0.3 is 20.1 Å². The number of likely N-dealkylation sites (tertiary alicyclic amines) is 1. The van der Waals surface area contributed by atoms with E-state index in [0.717, 1.165) is 18.4 Å². The number of piperidine rings is 1. The van der Waals surface area contributed by atoms with Crippen LogP contribution in [0.1, 0.15) is 28.8 Å². The molecule has 1 heterocycles. The van der Waals surface area contributed by atoms with Crippen LogP contribution in [-0.2, 0) is 11.3 Å². The molecule has 0 spiro atoms. The van der Waals surface area contributed by atoms with Crippen molar-refractivity contribution in [2.75, 3.05) is 20.2 Å². The minimum Gasteiger partial charge on any atom is -0.478 e. The minimum absolute atomic E-state index is 0.120. The third kappa shape index (κ3) is 4.19. The summed E-state index contributed by atoms with van der Waals surface area (Å²) < 4.78 is 5.27. The highest BCUT2D eigenvalue weighted by Crippen LogP contribution is 2.13. The zero-order valence-corrected chi connectivity index (χ0v) is 12.0. The van der Waals surface area contributed by atoms with Gasteiger partial charge in [-0.25, -0.2) is 9.59 Å². The summed E-state index contributed by atoms with van der Waals surface area (Å²) in [4.78, 5) is 24.7. The highest BCUT2D eigenvalue weighted by Gasteiger charge is 2.22. The lowest BCUT2D eigenvalue weighted by Crippen LogP contribution is -2.45. The number of carboxylic acid groups (broad SMARTS) is 1. The molecule has 21 heavy (non-hydrogen) atoms. The number of urea groups is 1. The Hall–Kier alpha value is -2.08. The van der Waals surface area contributed by atoms with Crippen molar-refractivity contribution in [3.63, 3.8) is 0 Å². The summed E-state index contributed by atoms with van der Waals surface area (Å²) in [5.74, 6) is -0.968. The molecule has 6 nitrogen and oxygen atoms in total. The number of carboxylic acids is 1. The number of carbonyl (C=O) groups is 2. The number of hydrogen-bond donors (Lipinski definition) is 2. The first-order valence-electron chi connectivity index (χ1n) is 6.98. The molecule has 0 atom stereocenters. The van der Waals surface area contributed by atoms with E-state index in [0.29, 0.717) is 19.6 Å². The molecule has 0 saturated carbocycles. The Morgan fingerprint density at radius 2 is 2.10 bits per heavy atom. The van der Waals surface area contributed by atoms with Crippen LogP contribution in [0.2, 0.25) is 0 Å². The summed E-state index contributed by atoms with van der Waals surface area (Å²) >= 11 is 0. The van der Waals surface area contributed by atoms with E-state index in [4.69, 9.17) is 9.84 Å². The molecule has 114 valence electrons. The standard InChI is InChI=1S/C15H20N2O4/c1-21-13-5-7-17(8-6-13)15(20)16-10-11-3-2-4-12(9-11)14(18)19/h2-4,9,13H,5-8,10H2,1H3,(H,16,20)(H,18,19). The normalized spacial score (nSPS) is 15.8. The first-order valence-corrected chi connectivity index (χ1v) is 6.98. The van der Waals surface area contributed by atoms with Gasteiger partial charge in [-0.05, 0) is 30.5 Å². The summed E-state index contributed by atoms with van der Waals surface area (Å²) in [6.45, 7) is 1.68. The van der Waals surface area contributed by atoms with Crippen LogP contribution in [0.15, 0.2) is 24.3 Å². The Labute approximate surface area is 123 Å². The summed E-state index contributed by atoms with van der Waals surface area (Å²) in [5.41, 5.74) is 0.998. The van der Waals surface area contributed by atoms with E-state index in [1.807, 2.05) is 0 Å². The third-order valence-corrected chi connectivity index (χ3v) is 3.68. The van der Waals surface area contributed by atoms with Crippen molar-refractivity contribution in [1.82, 2.24) is 10.2 Å². The number of methoxy groups -OCH3 is 1. The highest BCUT2D eigenvalue weighted by molar-refractivity contribution is 5.87. The SMILES string of the molecule is COC1CCN(C(=O)NCc2cccc(C(=O)O)c2)CC1. The average molecular weight is 292 g/mol. The molecule has 1 aliphatic rings. The van der Waals surface area contributed by atoms with Gasteiger partial charge in [0.15, 0.2) is 0 Å². The van der Waals surface area contributed by atoms with Crippen molar-refractivity contribution in [1.29, 1.82) is 0 Å². The molecule has 2 rings (SSSR count). The molecule has 6 heteroatoms. The van der Waals surface area contributed by atoms with E-state index in [-0.39, 0.29) is 17.7 Å². The quantitative estimate of drug-likeness (QED) is 0.885. The van der Waals surface area contributed by atoms with Gasteiger partial charge in [0.05, 0.1) is 11.7 Å². The van der Waals surface area contributed by atoms with Crippen LogP contribution in [0.3, 0.4) is 0 Å². The topological polar surface area (TPSA) is 78.9 Å². The van der Waals surface area contributed by atoms with Crippen molar-refractivity contribution in [3.05, 3.63) is 35.4 Å². The second-order valence-electron chi connectivity index (χ2n) is 5.09. The van der Waals surface area contributed by atoms with Gasteiger partial charge in [0.25, 0.3) is 0 Å². The maximum Gasteiger partial charge on any atom is 0.335 e. The lowest BCUT2D eigenvalue weighted by molar-refractivity contribution is 0.0503. The molecular weight excluding hydrogens is 272 g/mol. The van der Waals surface area contributed by atoms with E-state index in [1.165, 1.54) is 6.07 Å². The summed E-state index contributed by atoms with van der Waals surface area (Å²) in [7, 11) is 1.69. The Morgan fingerprint density at radius 1 is 1.38 bits per heavy atom. The molecule has 0 bridgehead atoms. The van der Waals surface area contributed by atoms with Crippen LogP contribution < -0.4 is 5.32 Å². The number of rotatable bonds is 4. The summed E-state index contributed by atoms with van der Waals surface area (Å²) in [6, 6.07) is 6.45. The van der Waals surface area contributed by atoms with Crippen molar-refractivity contribution in [2.24, 2.45) is 0 Å². The maximum atomic E-state index is 12.0. The molecule has 1 fully saturated rings. The second kappa shape index (κ2) is 7.08. The first kappa shape index (κ1) is 15.3. The van der Waals surface area contributed by atoms with Gasteiger partial charge in [-0.3, -0.25) is 0 Å². The molecule has 1 aliphatic heterocycles. The van der Waals surface area contributed by atoms with Gasteiger partial charge >= 0.3 is 12.0 Å². The van der Waals surface area contributed by atoms with Crippen molar-refractivity contribution in [2.45, 2.75) is 25.5 Å². The number of hydrogen-bond acceptors (Lipinski definition) is 3. The van der Waals surface area contributed by atoms with Gasteiger partial charge in [0.1, 0.15) is 0 Å². The highest BCUT2D eigenvalue weighted by atomic mass is 16.5. The van der Waals surface area contributed by atoms with Gasteiger partial charge in [-0.1, -0.05) is 12.1 Å². The predicted molar refractivity (Wildman–Crippen MR) is 77.2 cm³/mol. The third-order valence-electron chi connectivity index (χ3n) is 3.68.